The fraction of sp³-hybridized carbons (Fsp3) is 0.222. The van der Waals surface area contributed by atoms with Gasteiger partial charge in [-0.05, 0) is 48.7 Å². The van der Waals surface area contributed by atoms with Gasteiger partial charge in [-0.15, -0.1) is 0 Å². The third-order valence-electron chi connectivity index (χ3n) is 4.15. The van der Waals surface area contributed by atoms with Crippen molar-refractivity contribution in [2.45, 2.75) is 18.3 Å². The Morgan fingerprint density at radius 2 is 1.95 bits per heavy atom. The smallest absolute Gasteiger partial charge is 0.251 e. The number of carbonyl (C=O) groups excluding carboxylic acids is 1. The molecule has 0 unspecified atom stereocenters. The molecule has 0 spiro atoms. The summed E-state index contributed by atoms with van der Waals surface area (Å²) in [4.78, 5) is 12.2. The molecular formula is C18H15FN2O. The van der Waals surface area contributed by atoms with Crippen LogP contribution in [0.4, 0.5) is 4.39 Å². The minimum Gasteiger partial charge on any atom is -0.351 e. The van der Waals surface area contributed by atoms with E-state index in [4.69, 9.17) is 5.26 Å². The molecule has 0 aliphatic heterocycles. The second-order valence-corrected chi connectivity index (χ2v) is 5.66. The largest absolute Gasteiger partial charge is 0.351 e. The van der Waals surface area contributed by atoms with Crippen molar-refractivity contribution in [3.05, 3.63) is 71.0 Å². The molecule has 2 aromatic rings. The van der Waals surface area contributed by atoms with Gasteiger partial charge in [0.05, 0.1) is 11.6 Å². The van der Waals surface area contributed by atoms with Crippen LogP contribution in [0.15, 0.2) is 48.5 Å². The molecule has 0 radical (unpaired) electrons. The number of nitrogens with zero attached hydrogens (tertiary/aromatic N) is 1. The van der Waals surface area contributed by atoms with Crippen molar-refractivity contribution in [1.82, 2.24) is 5.32 Å². The van der Waals surface area contributed by atoms with Crippen LogP contribution in [0.2, 0.25) is 0 Å². The summed E-state index contributed by atoms with van der Waals surface area (Å²) in [5.41, 5.74) is 1.93. The second-order valence-electron chi connectivity index (χ2n) is 5.66. The SMILES string of the molecule is N#Cc1cccc(C(=O)NCC2(c3ccc(F)cc3)CC2)c1. The summed E-state index contributed by atoms with van der Waals surface area (Å²) < 4.78 is 13.0. The number of carbonyl (C=O) groups is 1. The molecule has 1 aliphatic carbocycles. The molecule has 1 saturated carbocycles. The zero-order valence-corrected chi connectivity index (χ0v) is 12.0. The van der Waals surface area contributed by atoms with Crippen LogP contribution < -0.4 is 5.32 Å². The van der Waals surface area contributed by atoms with Crippen molar-refractivity contribution in [3.63, 3.8) is 0 Å². The lowest BCUT2D eigenvalue weighted by Crippen LogP contribution is -2.32. The molecule has 3 rings (SSSR count). The minimum absolute atomic E-state index is 0.0732. The predicted octanol–water partition coefficient (Wildman–Crippen LogP) is 3.16. The Balaban J connectivity index is 1.68. The van der Waals surface area contributed by atoms with Gasteiger partial charge in [-0.25, -0.2) is 4.39 Å². The molecule has 0 bridgehead atoms. The molecule has 4 heteroatoms. The Kier molecular flexibility index (Phi) is 3.64. The molecule has 1 fully saturated rings. The first kappa shape index (κ1) is 14.3. The van der Waals surface area contributed by atoms with Gasteiger partial charge in [0.15, 0.2) is 0 Å². The average molecular weight is 294 g/mol. The predicted molar refractivity (Wildman–Crippen MR) is 80.8 cm³/mol. The lowest BCUT2D eigenvalue weighted by Gasteiger charge is -2.16. The molecule has 1 aliphatic rings. The molecule has 1 amide bonds. The summed E-state index contributed by atoms with van der Waals surface area (Å²) in [5.74, 6) is -0.442. The third kappa shape index (κ3) is 2.84. The normalized spacial score (nSPS) is 14.9. The molecule has 0 atom stereocenters. The Morgan fingerprint density at radius 3 is 2.59 bits per heavy atom. The first-order chi connectivity index (χ1) is 10.6. The number of benzene rings is 2. The van der Waals surface area contributed by atoms with E-state index in [1.54, 1.807) is 36.4 Å². The van der Waals surface area contributed by atoms with Gasteiger partial charge in [-0.3, -0.25) is 4.79 Å². The molecule has 110 valence electrons. The standard InChI is InChI=1S/C18H15FN2O/c19-16-6-4-15(5-7-16)18(8-9-18)12-21-17(22)14-3-1-2-13(10-14)11-20/h1-7,10H,8-9,12H2,(H,21,22). The van der Waals surface area contributed by atoms with E-state index < -0.39 is 0 Å². The van der Waals surface area contributed by atoms with E-state index in [1.165, 1.54) is 12.1 Å². The monoisotopic (exact) mass is 294 g/mol. The maximum Gasteiger partial charge on any atom is 0.251 e. The number of hydrogen-bond acceptors (Lipinski definition) is 2. The van der Waals surface area contributed by atoms with Gasteiger partial charge in [0.2, 0.25) is 0 Å². The van der Waals surface area contributed by atoms with Crippen LogP contribution >= 0.6 is 0 Å². The van der Waals surface area contributed by atoms with E-state index >= 15 is 0 Å². The quantitative estimate of drug-likeness (QED) is 0.941. The Labute approximate surface area is 128 Å². The van der Waals surface area contributed by atoms with Gasteiger partial charge in [-0.1, -0.05) is 18.2 Å². The van der Waals surface area contributed by atoms with Gasteiger partial charge in [0.25, 0.3) is 5.91 Å². The fourth-order valence-corrected chi connectivity index (χ4v) is 2.60. The molecule has 2 aromatic carbocycles. The van der Waals surface area contributed by atoms with Crippen molar-refractivity contribution < 1.29 is 9.18 Å². The minimum atomic E-state index is -0.253. The van der Waals surface area contributed by atoms with Crippen LogP contribution in [0, 0.1) is 17.1 Å². The van der Waals surface area contributed by atoms with Crippen LogP contribution in [-0.2, 0) is 5.41 Å². The maximum absolute atomic E-state index is 13.0. The average Bonchev–Trinajstić information content (AvgIpc) is 3.34. The van der Waals surface area contributed by atoms with Gasteiger partial charge in [0.1, 0.15) is 5.82 Å². The van der Waals surface area contributed by atoms with Crippen molar-refractivity contribution in [2.24, 2.45) is 0 Å². The van der Waals surface area contributed by atoms with Crippen molar-refractivity contribution in [2.75, 3.05) is 6.54 Å². The summed E-state index contributed by atoms with van der Waals surface area (Å²) >= 11 is 0. The Hall–Kier alpha value is -2.67. The number of amides is 1. The van der Waals surface area contributed by atoms with Crippen LogP contribution in [0.5, 0.6) is 0 Å². The maximum atomic E-state index is 13.0. The molecule has 0 aromatic heterocycles. The molecule has 1 N–H and O–H groups in total. The molecule has 22 heavy (non-hydrogen) atoms. The van der Waals surface area contributed by atoms with Crippen LogP contribution in [-0.4, -0.2) is 12.5 Å². The van der Waals surface area contributed by atoms with E-state index in [0.717, 1.165) is 18.4 Å². The Bertz CT molecular complexity index is 742. The van der Waals surface area contributed by atoms with E-state index in [0.29, 0.717) is 17.7 Å². The van der Waals surface area contributed by atoms with E-state index in [1.807, 2.05) is 6.07 Å². The number of nitrogens with one attached hydrogen (secondary N) is 1. The number of hydrogen-bond donors (Lipinski definition) is 1. The lowest BCUT2D eigenvalue weighted by atomic mass is 9.96. The van der Waals surface area contributed by atoms with Crippen molar-refractivity contribution in [1.29, 1.82) is 5.26 Å². The van der Waals surface area contributed by atoms with Gasteiger partial charge in [0, 0.05) is 17.5 Å². The van der Waals surface area contributed by atoms with Crippen molar-refractivity contribution >= 4 is 5.91 Å². The topological polar surface area (TPSA) is 52.9 Å². The highest BCUT2D eigenvalue weighted by atomic mass is 19.1. The van der Waals surface area contributed by atoms with E-state index in [2.05, 4.69) is 5.32 Å². The highest BCUT2D eigenvalue weighted by Crippen LogP contribution is 2.47. The number of rotatable bonds is 4. The van der Waals surface area contributed by atoms with Gasteiger partial charge in [-0.2, -0.15) is 5.26 Å². The highest BCUT2D eigenvalue weighted by molar-refractivity contribution is 5.94. The molecule has 3 nitrogen and oxygen atoms in total. The van der Waals surface area contributed by atoms with Crippen LogP contribution in [0.3, 0.4) is 0 Å². The Morgan fingerprint density at radius 1 is 1.23 bits per heavy atom. The first-order valence-electron chi connectivity index (χ1n) is 7.17. The van der Waals surface area contributed by atoms with Crippen LogP contribution in [0.1, 0.15) is 34.3 Å². The summed E-state index contributed by atoms with van der Waals surface area (Å²) in [6.45, 7) is 0.522. The fourth-order valence-electron chi connectivity index (χ4n) is 2.60. The zero-order chi connectivity index (χ0) is 15.6. The summed E-state index contributed by atoms with van der Waals surface area (Å²) in [5, 5.41) is 11.8. The van der Waals surface area contributed by atoms with Crippen LogP contribution in [0.25, 0.3) is 0 Å². The molecule has 0 saturated heterocycles. The summed E-state index contributed by atoms with van der Waals surface area (Å²) in [6, 6.07) is 15.1. The van der Waals surface area contributed by atoms with E-state index in [9.17, 15) is 9.18 Å². The highest BCUT2D eigenvalue weighted by Gasteiger charge is 2.44. The third-order valence-corrected chi connectivity index (χ3v) is 4.15. The number of halogens is 1. The van der Waals surface area contributed by atoms with Gasteiger partial charge >= 0.3 is 0 Å². The van der Waals surface area contributed by atoms with Crippen molar-refractivity contribution in [3.8, 4) is 6.07 Å². The second kappa shape index (κ2) is 5.61. The first-order valence-corrected chi connectivity index (χ1v) is 7.17. The zero-order valence-electron chi connectivity index (χ0n) is 12.0. The number of nitriles is 1. The lowest BCUT2D eigenvalue weighted by molar-refractivity contribution is 0.0949. The summed E-state index contributed by atoms with van der Waals surface area (Å²) in [7, 11) is 0. The summed E-state index contributed by atoms with van der Waals surface area (Å²) in [6.07, 6.45) is 1.97. The molecule has 0 heterocycles. The molecular weight excluding hydrogens is 279 g/mol. The van der Waals surface area contributed by atoms with E-state index in [-0.39, 0.29) is 17.1 Å². The van der Waals surface area contributed by atoms with Gasteiger partial charge < -0.3 is 5.32 Å².